The molecule has 3 aromatic rings. The van der Waals surface area contributed by atoms with Gasteiger partial charge in [-0.1, -0.05) is 19.1 Å². The van der Waals surface area contributed by atoms with Crippen LogP contribution in [0.2, 0.25) is 0 Å². The Labute approximate surface area is 198 Å². The van der Waals surface area contributed by atoms with Gasteiger partial charge in [-0.05, 0) is 106 Å². The molecular formula is C29H37N3O. The number of aryl methyl sites for hydroxylation is 2. The van der Waals surface area contributed by atoms with E-state index in [0.29, 0.717) is 6.54 Å². The maximum Gasteiger partial charge on any atom is 0.251 e. The van der Waals surface area contributed by atoms with E-state index in [1.165, 1.54) is 41.0 Å². The van der Waals surface area contributed by atoms with Crippen LogP contribution in [0.5, 0.6) is 0 Å². The quantitative estimate of drug-likeness (QED) is 0.442. The second-order valence-electron chi connectivity index (χ2n) is 9.52. The number of anilines is 1. The number of fused-ring (bicyclic) bond motifs is 1. The predicted molar refractivity (Wildman–Crippen MR) is 138 cm³/mol. The summed E-state index contributed by atoms with van der Waals surface area (Å²) in [7, 11) is 0. The number of aromatic nitrogens is 1. The molecule has 0 bridgehead atoms. The Bertz CT molecular complexity index is 1100. The molecule has 1 atom stereocenters. The standard InChI is InChI=1S/C29H37N3O/c1-5-31(27-9-6-8-21(2)19-27)17-7-16-30-29(33)24-11-13-26(14-12-24)32-23(4)20-25-18-22(3)10-15-28(25)32/h6,8-9,11-14,19-20,22H,5,7,10,15-18H2,1-4H3,(H,30,33)/t22-/m0/s1. The van der Waals surface area contributed by atoms with E-state index in [2.05, 4.69) is 84.9 Å². The third-order valence-electron chi connectivity index (χ3n) is 6.85. The molecule has 1 heterocycles. The van der Waals surface area contributed by atoms with Crippen molar-refractivity contribution in [2.24, 2.45) is 5.92 Å². The van der Waals surface area contributed by atoms with Gasteiger partial charge in [0.25, 0.3) is 5.91 Å². The zero-order valence-electron chi connectivity index (χ0n) is 20.5. The highest BCUT2D eigenvalue weighted by Gasteiger charge is 2.21. The lowest BCUT2D eigenvalue weighted by molar-refractivity contribution is 0.0953. The van der Waals surface area contributed by atoms with Crippen LogP contribution in [0.1, 0.15) is 59.6 Å². The third kappa shape index (κ3) is 5.32. The van der Waals surface area contributed by atoms with E-state index >= 15 is 0 Å². The molecule has 4 rings (SSSR count). The Morgan fingerprint density at radius 3 is 2.64 bits per heavy atom. The smallest absolute Gasteiger partial charge is 0.251 e. The van der Waals surface area contributed by atoms with Crippen LogP contribution in [-0.2, 0) is 12.8 Å². The summed E-state index contributed by atoms with van der Waals surface area (Å²) in [4.78, 5) is 15.0. The molecule has 1 amide bonds. The number of benzene rings is 2. The van der Waals surface area contributed by atoms with Crippen molar-refractivity contribution in [3.05, 3.63) is 82.7 Å². The number of rotatable bonds is 8. The summed E-state index contributed by atoms with van der Waals surface area (Å²) in [5, 5.41) is 3.09. The molecule has 0 saturated heterocycles. The monoisotopic (exact) mass is 443 g/mol. The van der Waals surface area contributed by atoms with Gasteiger partial charge in [-0.3, -0.25) is 4.79 Å². The lowest BCUT2D eigenvalue weighted by Crippen LogP contribution is -2.30. The maximum absolute atomic E-state index is 12.7. The summed E-state index contributed by atoms with van der Waals surface area (Å²) < 4.78 is 2.37. The van der Waals surface area contributed by atoms with Crippen LogP contribution < -0.4 is 10.2 Å². The summed E-state index contributed by atoms with van der Waals surface area (Å²) in [6.07, 6.45) is 4.46. The molecule has 0 radical (unpaired) electrons. The van der Waals surface area contributed by atoms with Crippen LogP contribution in [0.25, 0.3) is 5.69 Å². The van der Waals surface area contributed by atoms with Crippen LogP contribution in [0.15, 0.2) is 54.6 Å². The first kappa shape index (κ1) is 23.2. The molecule has 33 heavy (non-hydrogen) atoms. The van der Waals surface area contributed by atoms with E-state index < -0.39 is 0 Å². The van der Waals surface area contributed by atoms with Gasteiger partial charge in [0.15, 0.2) is 0 Å². The molecule has 0 saturated carbocycles. The van der Waals surface area contributed by atoms with Gasteiger partial charge in [-0.2, -0.15) is 0 Å². The lowest BCUT2D eigenvalue weighted by Gasteiger charge is -2.23. The molecule has 1 N–H and O–H groups in total. The highest BCUT2D eigenvalue weighted by Crippen LogP contribution is 2.30. The number of carbonyl (C=O) groups excluding carboxylic acids is 1. The molecule has 2 aromatic carbocycles. The molecule has 1 aliphatic rings. The molecule has 4 nitrogen and oxygen atoms in total. The number of amides is 1. The molecule has 1 aliphatic carbocycles. The van der Waals surface area contributed by atoms with Gasteiger partial charge in [0.2, 0.25) is 0 Å². The minimum atomic E-state index is 0.000218. The van der Waals surface area contributed by atoms with Crippen molar-refractivity contribution in [2.75, 3.05) is 24.5 Å². The molecule has 0 aliphatic heterocycles. The minimum Gasteiger partial charge on any atom is -0.372 e. The minimum absolute atomic E-state index is 0.000218. The number of nitrogens with zero attached hydrogens (tertiary/aromatic N) is 2. The first-order valence-corrected chi connectivity index (χ1v) is 12.4. The van der Waals surface area contributed by atoms with E-state index in [1.54, 1.807) is 0 Å². The first-order chi connectivity index (χ1) is 16.0. The molecule has 174 valence electrons. The average molecular weight is 444 g/mol. The van der Waals surface area contributed by atoms with E-state index in [9.17, 15) is 4.79 Å². The summed E-state index contributed by atoms with van der Waals surface area (Å²) in [5.74, 6) is 0.764. The summed E-state index contributed by atoms with van der Waals surface area (Å²) >= 11 is 0. The van der Waals surface area contributed by atoms with E-state index in [4.69, 9.17) is 0 Å². The SMILES string of the molecule is CCN(CCCNC(=O)c1ccc(-n2c(C)cc3c2CC[C@H](C)C3)cc1)c1cccc(C)c1. The summed E-state index contributed by atoms with van der Waals surface area (Å²) in [6.45, 7) is 11.4. The van der Waals surface area contributed by atoms with Gasteiger partial charge in [-0.25, -0.2) is 0 Å². The Morgan fingerprint density at radius 2 is 1.91 bits per heavy atom. The normalized spacial score (nSPS) is 15.2. The zero-order chi connectivity index (χ0) is 23.4. The van der Waals surface area contributed by atoms with Gasteiger partial charge in [0.1, 0.15) is 0 Å². The topological polar surface area (TPSA) is 37.3 Å². The Hall–Kier alpha value is -3.01. The molecule has 4 heteroatoms. The molecule has 0 unspecified atom stereocenters. The van der Waals surface area contributed by atoms with Crippen molar-refractivity contribution in [2.45, 2.75) is 53.4 Å². The van der Waals surface area contributed by atoms with E-state index in [0.717, 1.165) is 43.1 Å². The van der Waals surface area contributed by atoms with Crippen molar-refractivity contribution < 1.29 is 4.79 Å². The fourth-order valence-electron chi connectivity index (χ4n) is 5.06. The van der Waals surface area contributed by atoms with Gasteiger partial charge < -0.3 is 14.8 Å². The van der Waals surface area contributed by atoms with Gasteiger partial charge in [-0.15, -0.1) is 0 Å². The van der Waals surface area contributed by atoms with Crippen LogP contribution in [0.3, 0.4) is 0 Å². The van der Waals surface area contributed by atoms with Crippen molar-refractivity contribution in [3.63, 3.8) is 0 Å². The lowest BCUT2D eigenvalue weighted by atomic mass is 9.89. The number of hydrogen-bond acceptors (Lipinski definition) is 2. The second kappa shape index (κ2) is 10.3. The Balaban J connectivity index is 1.33. The largest absolute Gasteiger partial charge is 0.372 e. The number of nitrogens with one attached hydrogen (secondary N) is 1. The number of carbonyl (C=O) groups is 1. The molecule has 0 fully saturated rings. The van der Waals surface area contributed by atoms with Crippen molar-refractivity contribution in [1.29, 1.82) is 0 Å². The van der Waals surface area contributed by atoms with Gasteiger partial charge >= 0.3 is 0 Å². The van der Waals surface area contributed by atoms with E-state index in [-0.39, 0.29) is 5.91 Å². The predicted octanol–water partition coefficient (Wildman–Crippen LogP) is 5.87. The zero-order valence-corrected chi connectivity index (χ0v) is 20.5. The van der Waals surface area contributed by atoms with Crippen LogP contribution in [-0.4, -0.2) is 30.1 Å². The van der Waals surface area contributed by atoms with Crippen LogP contribution in [0, 0.1) is 19.8 Å². The van der Waals surface area contributed by atoms with Crippen LogP contribution in [0.4, 0.5) is 5.69 Å². The molecule has 1 aromatic heterocycles. The average Bonchev–Trinajstić information content (AvgIpc) is 3.13. The fourth-order valence-corrected chi connectivity index (χ4v) is 5.06. The second-order valence-corrected chi connectivity index (χ2v) is 9.52. The highest BCUT2D eigenvalue weighted by atomic mass is 16.1. The number of hydrogen-bond donors (Lipinski definition) is 1. The Kier molecular flexibility index (Phi) is 7.22. The Morgan fingerprint density at radius 1 is 1.12 bits per heavy atom. The fraction of sp³-hybridized carbons (Fsp3) is 0.414. The van der Waals surface area contributed by atoms with Crippen LogP contribution >= 0.6 is 0 Å². The highest BCUT2D eigenvalue weighted by molar-refractivity contribution is 5.94. The van der Waals surface area contributed by atoms with Crippen molar-refractivity contribution in [1.82, 2.24) is 9.88 Å². The van der Waals surface area contributed by atoms with Crippen molar-refractivity contribution >= 4 is 11.6 Å². The molecular weight excluding hydrogens is 406 g/mol. The van der Waals surface area contributed by atoms with Gasteiger partial charge in [0, 0.05) is 48.0 Å². The summed E-state index contributed by atoms with van der Waals surface area (Å²) in [5.41, 5.74) is 8.59. The maximum atomic E-state index is 12.7. The molecule has 0 spiro atoms. The third-order valence-corrected chi connectivity index (χ3v) is 6.85. The first-order valence-electron chi connectivity index (χ1n) is 12.4. The summed E-state index contributed by atoms with van der Waals surface area (Å²) in [6, 6.07) is 19.0. The van der Waals surface area contributed by atoms with E-state index in [1.807, 2.05) is 12.1 Å². The van der Waals surface area contributed by atoms with Crippen molar-refractivity contribution in [3.8, 4) is 5.69 Å². The van der Waals surface area contributed by atoms with Gasteiger partial charge in [0.05, 0.1) is 0 Å².